The number of benzene rings is 1. The molecular formula is C24H23N3O4. The van der Waals surface area contributed by atoms with Crippen LogP contribution in [0.1, 0.15) is 30.9 Å². The quantitative estimate of drug-likeness (QED) is 0.417. The molecule has 1 aliphatic rings. The highest BCUT2D eigenvalue weighted by molar-refractivity contribution is 5.86. The molecule has 2 aromatic heterocycles. The summed E-state index contributed by atoms with van der Waals surface area (Å²) >= 11 is 0. The van der Waals surface area contributed by atoms with Crippen LogP contribution in [0.15, 0.2) is 58.7 Å². The van der Waals surface area contributed by atoms with Gasteiger partial charge in [0, 0.05) is 30.1 Å². The standard InChI is InChI=1S/C24H23N3O4/c1-2-29-23(28)14-17-8-11-27(12-9-17)21-4-3-5-22(26-21)31-16-19-7-6-18(15-25)20-10-13-30-24(19)20/h3-8,10,13H,2,9,11-12,14,16H2,1H3. The number of hydrogen-bond donors (Lipinski definition) is 0. The summed E-state index contributed by atoms with van der Waals surface area (Å²) in [5.41, 5.74) is 3.19. The molecule has 0 bridgehead atoms. The van der Waals surface area contributed by atoms with E-state index in [9.17, 15) is 10.1 Å². The fraction of sp³-hybridized carbons (Fsp3) is 0.292. The van der Waals surface area contributed by atoms with Crippen LogP contribution in [0.3, 0.4) is 0 Å². The third-order valence-electron chi connectivity index (χ3n) is 5.21. The minimum Gasteiger partial charge on any atom is -0.473 e. The smallest absolute Gasteiger partial charge is 0.309 e. The average molecular weight is 417 g/mol. The first-order chi connectivity index (χ1) is 15.2. The van der Waals surface area contributed by atoms with E-state index in [1.54, 1.807) is 18.4 Å². The molecule has 1 aromatic carbocycles. The fourth-order valence-corrected chi connectivity index (χ4v) is 3.62. The van der Waals surface area contributed by atoms with Crippen LogP contribution in [-0.4, -0.2) is 30.6 Å². The van der Waals surface area contributed by atoms with Gasteiger partial charge in [-0.2, -0.15) is 10.2 Å². The minimum atomic E-state index is -0.177. The number of ether oxygens (including phenoxy) is 2. The average Bonchev–Trinajstić information content (AvgIpc) is 3.29. The van der Waals surface area contributed by atoms with Crippen LogP contribution in [0.25, 0.3) is 11.0 Å². The molecule has 3 heterocycles. The lowest BCUT2D eigenvalue weighted by Gasteiger charge is -2.27. The van der Waals surface area contributed by atoms with E-state index >= 15 is 0 Å². The van der Waals surface area contributed by atoms with Crippen molar-refractivity contribution < 1.29 is 18.7 Å². The number of aromatic nitrogens is 1. The number of fused-ring (bicyclic) bond motifs is 1. The number of furan rings is 1. The summed E-state index contributed by atoms with van der Waals surface area (Å²) in [7, 11) is 0. The maximum atomic E-state index is 11.7. The van der Waals surface area contributed by atoms with E-state index in [1.807, 2.05) is 31.2 Å². The Hall–Kier alpha value is -3.79. The monoisotopic (exact) mass is 417 g/mol. The Balaban J connectivity index is 1.41. The summed E-state index contributed by atoms with van der Waals surface area (Å²) in [6.45, 7) is 3.98. The van der Waals surface area contributed by atoms with E-state index < -0.39 is 0 Å². The predicted octanol–water partition coefficient (Wildman–Crippen LogP) is 4.37. The lowest BCUT2D eigenvalue weighted by atomic mass is 10.1. The Morgan fingerprint density at radius 3 is 2.97 bits per heavy atom. The van der Waals surface area contributed by atoms with Gasteiger partial charge in [0.15, 0.2) is 0 Å². The Morgan fingerprint density at radius 1 is 1.29 bits per heavy atom. The van der Waals surface area contributed by atoms with Gasteiger partial charge >= 0.3 is 5.97 Å². The van der Waals surface area contributed by atoms with Crippen molar-refractivity contribution in [1.82, 2.24) is 4.98 Å². The van der Waals surface area contributed by atoms with Crippen LogP contribution in [-0.2, 0) is 16.1 Å². The molecule has 0 atom stereocenters. The number of carbonyl (C=O) groups excluding carboxylic acids is 1. The van der Waals surface area contributed by atoms with Crippen LogP contribution in [0, 0.1) is 11.3 Å². The van der Waals surface area contributed by atoms with Gasteiger partial charge in [-0.1, -0.05) is 23.8 Å². The number of rotatable bonds is 7. The Labute approximate surface area is 180 Å². The number of nitriles is 1. The zero-order valence-corrected chi connectivity index (χ0v) is 17.3. The highest BCUT2D eigenvalue weighted by Crippen LogP contribution is 2.26. The maximum Gasteiger partial charge on any atom is 0.309 e. The van der Waals surface area contributed by atoms with Crippen molar-refractivity contribution in [3.8, 4) is 11.9 Å². The van der Waals surface area contributed by atoms with E-state index in [2.05, 4.69) is 22.0 Å². The van der Waals surface area contributed by atoms with Crippen LogP contribution >= 0.6 is 0 Å². The number of carbonyl (C=O) groups is 1. The van der Waals surface area contributed by atoms with Crippen molar-refractivity contribution in [2.45, 2.75) is 26.4 Å². The Morgan fingerprint density at radius 2 is 2.19 bits per heavy atom. The number of nitrogens with zero attached hydrogens (tertiary/aromatic N) is 3. The summed E-state index contributed by atoms with van der Waals surface area (Å²) in [6.07, 6.45) is 4.80. The van der Waals surface area contributed by atoms with E-state index in [4.69, 9.17) is 13.9 Å². The highest BCUT2D eigenvalue weighted by atomic mass is 16.5. The van der Waals surface area contributed by atoms with Crippen molar-refractivity contribution in [1.29, 1.82) is 5.26 Å². The van der Waals surface area contributed by atoms with Crippen LogP contribution in [0.2, 0.25) is 0 Å². The molecule has 0 amide bonds. The number of esters is 1. The van der Waals surface area contributed by atoms with Gasteiger partial charge in [0.25, 0.3) is 0 Å². The molecule has 3 aromatic rings. The van der Waals surface area contributed by atoms with Gasteiger partial charge in [-0.15, -0.1) is 0 Å². The molecule has 0 fully saturated rings. The van der Waals surface area contributed by atoms with Crippen molar-refractivity contribution in [3.05, 3.63) is 65.4 Å². The summed E-state index contributed by atoms with van der Waals surface area (Å²) in [5, 5.41) is 10.0. The maximum absolute atomic E-state index is 11.7. The molecule has 0 spiro atoms. The lowest BCUT2D eigenvalue weighted by Crippen LogP contribution is -2.29. The first-order valence-corrected chi connectivity index (χ1v) is 10.3. The van der Waals surface area contributed by atoms with Crippen molar-refractivity contribution in [2.75, 3.05) is 24.6 Å². The second-order valence-corrected chi connectivity index (χ2v) is 7.21. The number of pyridine rings is 1. The zero-order valence-electron chi connectivity index (χ0n) is 17.3. The summed E-state index contributed by atoms with van der Waals surface area (Å²) < 4.78 is 16.5. The summed E-state index contributed by atoms with van der Waals surface area (Å²) in [6, 6.07) is 13.3. The first kappa shape index (κ1) is 20.5. The van der Waals surface area contributed by atoms with Gasteiger partial charge in [-0.05, 0) is 31.5 Å². The normalized spacial score (nSPS) is 13.5. The molecule has 0 N–H and O–H groups in total. The SMILES string of the molecule is CCOC(=O)CC1=CCN(c2cccc(OCc3ccc(C#N)c4ccoc34)n2)CC1. The third kappa shape index (κ3) is 4.69. The molecular weight excluding hydrogens is 394 g/mol. The van der Waals surface area contributed by atoms with Crippen molar-refractivity contribution in [2.24, 2.45) is 0 Å². The molecule has 0 saturated carbocycles. The van der Waals surface area contributed by atoms with Crippen LogP contribution in [0.5, 0.6) is 5.88 Å². The van der Waals surface area contributed by atoms with Crippen molar-refractivity contribution in [3.63, 3.8) is 0 Å². The Kier molecular flexibility index (Phi) is 6.18. The van der Waals surface area contributed by atoms with Gasteiger partial charge < -0.3 is 18.8 Å². The molecule has 158 valence electrons. The fourth-order valence-electron chi connectivity index (χ4n) is 3.62. The van der Waals surface area contributed by atoms with Crippen LogP contribution < -0.4 is 9.64 Å². The minimum absolute atomic E-state index is 0.177. The van der Waals surface area contributed by atoms with E-state index in [0.29, 0.717) is 36.6 Å². The largest absolute Gasteiger partial charge is 0.473 e. The molecule has 0 saturated heterocycles. The topological polar surface area (TPSA) is 88.6 Å². The van der Waals surface area contributed by atoms with Gasteiger partial charge in [0.05, 0.1) is 30.9 Å². The second kappa shape index (κ2) is 9.35. The summed E-state index contributed by atoms with van der Waals surface area (Å²) in [4.78, 5) is 18.4. The van der Waals surface area contributed by atoms with Gasteiger partial charge in [-0.25, -0.2) is 0 Å². The zero-order chi connectivity index (χ0) is 21.6. The molecule has 1 aliphatic heterocycles. The van der Waals surface area contributed by atoms with E-state index in [-0.39, 0.29) is 12.6 Å². The number of hydrogen-bond acceptors (Lipinski definition) is 7. The van der Waals surface area contributed by atoms with Gasteiger partial charge in [-0.3, -0.25) is 4.79 Å². The molecule has 0 aliphatic carbocycles. The van der Waals surface area contributed by atoms with Gasteiger partial charge in [0.2, 0.25) is 5.88 Å². The molecule has 4 rings (SSSR count). The van der Waals surface area contributed by atoms with Crippen molar-refractivity contribution >= 4 is 22.8 Å². The van der Waals surface area contributed by atoms with Crippen LogP contribution in [0.4, 0.5) is 5.82 Å². The third-order valence-corrected chi connectivity index (χ3v) is 5.21. The predicted molar refractivity (Wildman–Crippen MR) is 116 cm³/mol. The molecule has 7 heteroatoms. The van der Waals surface area contributed by atoms with Gasteiger partial charge in [0.1, 0.15) is 18.0 Å². The highest BCUT2D eigenvalue weighted by Gasteiger charge is 2.16. The molecule has 0 unspecified atom stereocenters. The van der Waals surface area contributed by atoms with E-state index in [1.165, 1.54) is 0 Å². The lowest BCUT2D eigenvalue weighted by molar-refractivity contribution is -0.142. The first-order valence-electron chi connectivity index (χ1n) is 10.3. The summed E-state index contributed by atoms with van der Waals surface area (Å²) in [5.74, 6) is 1.17. The molecule has 7 nitrogen and oxygen atoms in total. The molecule has 31 heavy (non-hydrogen) atoms. The Bertz CT molecular complexity index is 1160. The van der Waals surface area contributed by atoms with E-state index in [0.717, 1.165) is 35.3 Å². The second-order valence-electron chi connectivity index (χ2n) is 7.21. The molecule has 0 radical (unpaired) electrons. The number of anilines is 1.